The highest BCUT2D eigenvalue weighted by molar-refractivity contribution is 6.41. The molecule has 0 radical (unpaired) electrons. The van der Waals surface area contributed by atoms with Gasteiger partial charge in [-0.15, -0.1) is 0 Å². The molecule has 0 aliphatic heterocycles. The van der Waals surface area contributed by atoms with Gasteiger partial charge >= 0.3 is 0 Å². The molecule has 5 heteroatoms. The highest BCUT2D eigenvalue weighted by atomic mass is 35.5. The monoisotopic (exact) mass is 248 g/mol. The minimum absolute atomic E-state index is 0.0534. The Hall–Kier alpha value is -0.540. The van der Waals surface area contributed by atoms with Gasteiger partial charge in [-0.3, -0.25) is 4.79 Å². The zero-order valence-electron chi connectivity index (χ0n) is 8.83. The van der Waals surface area contributed by atoms with Crippen molar-refractivity contribution in [3.63, 3.8) is 0 Å². The molecule has 3 nitrogen and oxygen atoms in total. The minimum Gasteiger partial charge on any atom is -0.266 e. The van der Waals surface area contributed by atoms with E-state index in [2.05, 4.69) is 18.9 Å². The van der Waals surface area contributed by atoms with E-state index in [1.54, 1.807) is 0 Å². The van der Waals surface area contributed by atoms with Crippen LogP contribution in [0.2, 0.25) is 10.0 Å². The highest BCUT2D eigenvalue weighted by Crippen LogP contribution is 2.15. The maximum absolute atomic E-state index is 11.6. The molecule has 0 fully saturated rings. The Balaban J connectivity index is 2.96. The summed E-state index contributed by atoms with van der Waals surface area (Å²) in [6.45, 7) is 4.79. The van der Waals surface area contributed by atoms with Crippen molar-refractivity contribution in [1.29, 1.82) is 0 Å². The van der Waals surface area contributed by atoms with Crippen LogP contribution in [-0.4, -0.2) is 9.78 Å². The Labute approximate surface area is 99.0 Å². The maximum Gasteiger partial charge on any atom is 0.287 e. The standard InChI is InChI=1S/C10H14Cl2N2O/c1-3-7(4-2)6-14-10(15)9(12)8(11)5-13-14/h5,7H,3-4,6H2,1-2H3. The zero-order valence-corrected chi connectivity index (χ0v) is 10.3. The second-order valence-electron chi connectivity index (χ2n) is 3.48. The lowest BCUT2D eigenvalue weighted by molar-refractivity contribution is 0.385. The van der Waals surface area contributed by atoms with Gasteiger partial charge in [-0.05, 0) is 5.92 Å². The summed E-state index contributed by atoms with van der Waals surface area (Å²) in [5.41, 5.74) is -0.309. The number of halogens is 2. The van der Waals surface area contributed by atoms with Crippen LogP contribution in [0.4, 0.5) is 0 Å². The van der Waals surface area contributed by atoms with Crippen molar-refractivity contribution in [2.45, 2.75) is 33.2 Å². The van der Waals surface area contributed by atoms with Gasteiger partial charge in [-0.2, -0.15) is 5.10 Å². The van der Waals surface area contributed by atoms with Crippen LogP contribution in [0.5, 0.6) is 0 Å². The largest absolute Gasteiger partial charge is 0.287 e. The summed E-state index contributed by atoms with van der Waals surface area (Å²) in [4.78, 5) is 11.6. The van der Waals surface area contributed by atoms with Crippen molar-refractivity contribution in [2.75, 3.05) is 0 Å². The Kier molecular flexibility index (Phi) is 4.61. The Morgan fingerprint density at radius 1 is 1.40 bits per heavy atom. The number of hydrogen-bond acceptors (Lipinski definition) is 2. The van der Waals surface area contributed by atoms with E-state index < -0.39 is 0 Å². The van der Waals surface area contributed by atoms with Gasteiger partial charge in [-0.1, -0.05) is 49.9 Å². The smallest absolute Gasteiger partial charge is 0.266 e. The first-order valence-corrected chi connectivity index (χ1v) is 5.76. The summed E-state index contributed by atoms with van der Waals surface area (Å²) in [5.74, 6) is 0.451. The predicted octanol–water partition coefficient (Wildman–Crippen LogP) is 2.99. The van der Waals surface area contributed by atoms with Crippen LogP contribution in [0.3, 0.4) is 0 Å². The van der Waals surface area contributed by atoms with Crippen molar-refractivity contribution in [1.82, 2.24) is 9.78 Å². The molecule has 0 spiro atoms. The normalized spacial score (nSPS) is 11.0. The van der Waals surface area contributed by atoms with Gasteiger partial charge in [-0.25, -0.2) is 4.68 Å². The van der Waals surface area contributed by atoms with Crippen LogP contribution in [0.15, 0.2) is 11.0 Å². The Bertz CT molecular complexity index is 385. The third-order valence-electron chi connectivity index (χ3n) is 2.53. The maximum atomic E-state index is 11.6. The molecule has 0 amide bonds. The quantitative estimate of drug-likeness (QED) is 0.822. The zero-order chi connectivity index (χ0) is 11.4. The fraction of sp³-hybridized carbons (Fsp3) is 0.600. The summed E-state index contributed by atoms with van der Waals surface area (Å²) in [7, 11) is 0. The van der Waals surface area contributed by atoms with Crippen molar-refractivity contribution in [3.05, 3.63) is 26.6 Å². The van der Waals surface area contributed by atoms with E-state index in [9.17, 15) is 4.79 Å². The molecule has 0 aromatic carbocycles. The van der Waals surface area contributed by atoms with E-state index in [-0.39, 0.29) is 15.6 Å². The van der Waals surface area contributed by atoms with Crippen molar-refractivity contribution in [2.24, 2.45) is 5.92 Å². The van der Waals surface area contributed by atoms with Gasteiger partial charge in [0.25, 0.3) is 5.56 Å². The molecule has 0 saturated carbocycles. The molecule has 0 bridgehead atoms. The van der Waals surface area contributed by atoms with Gasteiger partial charge in [0.2, 0.25) is 0 Å². The van der Waals surface area contributed by atoms with E-state index in [1.807, 2.05) is 0 Å². The Morgan fingerprint density at radius 2 is 2.00 bits per heavy atom. The van der Waals surface area contributed by atoms with E-state index in [1.165, 1.54) is 10.9 Å². The molecule has 1 heterocycles. The third-order valence-corrected chi connectivity index (χ3v) is 3.28. The number of aromatic nitrogens is 2. The molecule has 0 saturated heterocycles. The van der Waals surface area contributed by atoms with E-state index >= 15 is 0 Å². The van der Waals surface area contributed by atoms with Crippen LogP contribution in [0.1, 0.15) is 26.7 Å². The average Bonchev–Trinajstić information content (AvgIpc) is 2.25. The molecule has 15 heavy (non-hydrogen) atoms. The molecule has 0 unspecified atom stereocenters. The minimum atomic E-state index is -0.309. The topological polar surface area (TPSA) is 34.9 Å². The molecule has 1 aromatic rings. The van der Waals surface area contributed by atoms with Gasteiger partial charge in [0, 0.05) is 6.54 Å². The molecule has 0 atom stereocenters. The Morgan fingerprint density at radius 3 is 2.53 bits per heavy atom. The number of nitrogens with zero attached hydrogens (tertiary/aromatic N) is 2. The molecule has 0 aliphatic rings. The van der Waals surface area contributed by atoms with Gasteiger partial charge < -0.3 is 0 Å². The van der Waals surface area contributed by atoms with Crippen LogP contribution >= 0.6 is 23.2 Å². The van der Waals surface area contributed by atoms with E-state index in [0.717, 1.165) is 12.8 Å². The molecule has 84 valence electrons. The van der Waals surface area contributed by atoms with E-state index in [0.29, 0.717) is 12.5 Å². The van der Waals surface area contributed by atoms with Crippen molar-refractivity contribution < 1.29 is 0 Å². The summed E-state index contributed by atoms with van der Waals surface area (Å²) < 4.78 is 1.38. The van der Waals surface area contributed by atoms with Gasteiger partial charge in [0.1, 0.15) is 5.02 Å². The lowest BCUT2D eigenvalue weighted by Gasteiger charge is -2.13. The first-order valence-electron chi connectivity index (χ1n) is 5.01. The SMILES string of the molecule is CCC(CC)Cn1ncc(Cl)c(Cl)c1=O. The molecule has 1 aromatic heterocycles. The van der Waals surface area contributed by atoms with Crippen molar-refractivity contribution >= 4 is 23.2 Å². The summed E-state index contributed by atoms with van der Waals surface area (Å²) >= 11 is 11.4. The van der Waals surface area contributed by atoms with Crippen LogP contribution in [0.25, 0.3) is 0 Å². The lowest BCUT2D eigenvalue weighted by Crippen LogP contribution is -2.26. The van der Waals surface area contributed by atoms with Crippen molar-refractivity contribution in [3.8, 4) is 0 Å². The predicted molar refractivity (Wildman–Crippen MR) is 62.6 cm³/mol. The summed E-state index contributed by atoms with van der Waals surface area (Å²) in [5, 5.41) is 4.23. The third kappa shape index (κ3) is 2.95. The number of rotatable bonds is 4. The second kappa shape index (κ2) is 5.52. The average molecular weight is 249 g/mol. The van der Waals surface area contributed by atoms with Crippen LogP contribution in [-0.2, 0) is 6.54 Å². The summed E-state index contributed by atoms with van der Waals surface area (Å²) in [6, 6.07) is 0. The summed E-state index contributed by atoms with van der Waals surface area (Å²) in [6.07, 6.45) is 3.45. The molecule has 0 N–H and O–H groups in total. The van der Waals surface area contributed by atoms with Gasteiger partial charge in [0.05, 0.1) is 11.2 Å². The van der Waals surface area contributed by atoms with E-state index in [4.69, 9.17) is 23.2 Å². The first-order chi connectivity index (χ1) is 7.10. The van der Waals surface area contributed by atoms with Crippen LogP contribution < -0.4 is 5.56 Å². The fourth-order valence-electron chi connectivity index (χ4n) is 1.37. The fourth-order valence-corrected chi connectivity index (χ4v) is 1.64. The van der Waals surface area contributed by atoms with Gasteiger partial charge in [0.15, 0.2) is 0 Å². The molecular formula is C10H14Cl2N2O. The molecular weight excluding hydrogens is 235 g/mol. The molecule has 1 rings (SSSR count). The molecule has 0 aliphatic carbocycles. The first kappa shape index (κ1) is 12.5. The highest BCUT2D eigenvalue weighted by Gasteiger charge is 2.10. The van der Waals surface area contributed by atoms with Crippen LogP contribution in [0, 0.1) is 5.92 Å². The lowest BCUT2D eigenvalue weighted by atomic mass is 10.0. The second-order valence-corrected chi connectivity index (χ2v) is 4.26. The number of hydrogen-bond donors (Lipinski definition) is 0.